The van der Waals surface area contributed by atoms with E-state index >= 15 is 0 Å². The van der Waals surface area contributed by atoms with Gasteiger partial charge in [-0.05, 0) is 55.2 Å². The maximum atomic E-state index is 14.3. The molecule has 1 aliphatic carbocycles. The molecule has 0 heterocycles. The van der Waals surface area contributed by atoms with E-state index < -0.39 is 44.7 Å². The Morgan fingerprint density at radius 1 is 1.09 bits per heavy atom. The lowest BCUT2D eigenvalue weighted by Gasteiger charge is -2.29. The van der Waals surface area contributed by atoms with Gasteiger partial charge in [0.15, 0.2) is 0 Å². The van der Waals surface area contributed by atoms with E-state index in [1.165, 1.54) is 0 Å². The Balaban J connectivity index is 1.88. The minimum atomic E-state index is -4.82. The van der Waals surface area contributed by atoms with Crippen molar-refractivity contribution < 1.29 is 30.8 Å². The van der Waals surface area contributed by atoms with Crippen LogP contribution in [0.2, 0.25) is 5.02 Å². The molecule has 0 bridgehead atoms. The molecule has 3 rings (SSSR count). The van der Waals surface area contributed by atoms with Crippen LogP contribution >= 0.6 is 11.6 Å². The highest BCUT2D eigenvalue weighted by Gasteiger charge is 2.34. The molecule has 2 aromatic carbocycles. The lowest BCUT2D eigenvalue weighted by molar-refractivity contribution is -0.136. The van der Waals surface area contributed by atoms with Crippen molar-refractivity contribution in [1.82, 2.24) is 4.72 Å². The van der Waals surface area contributed by atoms with Gasteiger partial charge in [0.1, 0.15) is 5.82 Å². The van der Waals surface area contributed by atoms with Gasteiger partial charge < -0.3 is 5.32 Å². The minimum Gasteiger partial charge on any atom is -0.321 e. The molecule has 1 fully saturated rings. The van der Waals surface area contributed by atoms with Gasteiger partial charge in [0.05, 0.1) is 21.7 Å². The molecule has 0 unspecified atom stereocenters. The normalized spacial score (nSPS) is 19.6. The topological polar surface area (TPSA) is 75.3 Å². The summed E-state index contributed by atoms with van der Waals surface area (Å²) in [6, 6.07) is 5.02. The van der Waals surface area contributed by atoms with Gasteiger partial charge in [-0.1, -0.05) is 31.4 Å². The zero-order chi connectivity index (χ0) is 23.7. The standard InChI is InChI=1S/C21H21ClF4N2O3S/c1-12-4-2-3-5-18(12)28-32(30,31)14-7-8-17(23)15(11-14)20(29)27-19-9-6-13(22)10-16(19)21(24,25)26/h6-12,18,28H,2-5H2,1H3,(H,27,29)/t12-,18-/m1/s1. The van der Waals surface area contributed by atoms with Gasteiger partial charge in [0, 0.05) is 11.1 Å². The van der Waals surface area contributed by atoms with E-state index in [1.807, 2.05) is 12.2 Å². The fourth-order valence-corrected chi connectivity index (χ4v) is 5.23. The van der Waals surface area contributed by atoms with Crippen LogP contribution in [-0.2, 0) is 16.2 Å². The molecule has 0 spiro atoms. The highest BCUT2D eigenvalue weighted by atomic mass is 35.5. The molecular formula is C21H21ClF4N2O3S. The van der Waals surface area contributed by atoms with E-state index in [9.17, 15) is 30.8 Å². The maximum Gasteiger partial charge on any atom is 0.418 e. The van der Waals surface area contributed by atoms with E-state index in [1.54, 1.807) is 0 Å². The smallest absolute Gasteiger partial charge is 0.321 e. The van der Waals surface area contributed by atoms with E-state index in [-0.39, 0.29) is 21.9 Å². The number of nitrogens with one attached hydrogen (secondary N) is 2. The first-order valence-electron chi connectivity index (χ1n) is 9.88. The summed E-state index contributed by atoms with van der Waals surface area (Å²) in [6.45, 7) is 1.93. The molecule has 2 atom stereocenters. The predicted molar refractivity (Wildman–Crippen MR) is 113 cm³/mol. The van der Waals surface area contributed by atoms with Crippen molar-refractivity contribution >= 4 is 33.2 Å². The summed E-state index contributed by atoms with van der Waals surface area (Å²) in [5.74, 6) is -2.18. The molecular weight excluding hydrogens is 472 g/mol. The van der Waals surface area contributed by atoms with Crippen LogP contribution in [0.15, 0.2) is 41.3 Å². The average Bonchev–Trinajstić information content (AvgIpc) is 2.70. The number of benzene rings is 2. The SMILES string of the molecule is C[C@@H]1CCCC[C@H]1NS(=O)(=O)c1ccc(F)c(C(=O)Nc2ccc(Cl)cc2C(F)(F)F)c1. The van der Waals surface area contributed by atoms with Crippen molar-refractivity contribution in [2.75, 3.05) is 5.32 Å². The Hall–Kier alpha value is -2.17. The number of hydrogen-bond acceptors (Lipinski definition) is 3. The fraction of sp³-hybridized carbons (Fsp3) is 0.381. The molecule has 174 valence electrons. The quantitative estimate of drug-likeness (QED) is 0.533. The first kappa shape index (κ1) is 24.5. The van der Waals surface area contributed by atoms with Crippen LogP contribution in [0.1, 0.15) is 48.5 Å². The van der Waals surface area contributed by atoms with E-state index in [2.05, 4.69) is 4.72 Å². The van der Waals surface area contributed by atoms with Crippen LogP contribution in [0.4, 0.5) is 23.2 Å². The van der Waals surface area contributed by atoms with E-state index in [0.29, 0.717) is 12.5 Å². The van der Waals surface area contributed by atoms with Crippen LogP contribution in [-0.4, -0.2) is 20.4 Å². The Kier molecular flexibility index (Phi) is 7.16. The summed E-state index contributed by atoms with van der Waals surface area (Å²) in [5, 5.41) is 1.80. The molecule has 11 heteroatoms. The van der Waals surface area contributed by atoms with Gasteiger partial charge in [-0.2, -0.15) is 13.2 Å². The first-order valence-corrected chi connectivity index (χ1v) is 11.7. The van der Waals surface area contributed by atoms with Crippen molar-refractivity contribution in [3.63, 3.8) is 0 Å². The summed E-state index contributed by atoms with van der Waals surface area (Å²) in [5.41, 5.74) is -2.54. The minimum absolute atomic E-state index is 0.118. The average molecular weight is 493 g/mol. The van der Waals surface area contributed by atoms with Crippen molar-refractivity contribution in [3.05, 3.63) is 58.4 Å². The molecule has 0 aliphatic heterocycles. The Morgan fingerprint density at radius 2 is 1.78 bits per heavy atom. The van der Waals surface area contributed by atoms with Crippen molar-refractivity contribution in [2.24, 2.45) is 5.92 Å². The second-order valence-electron chi connectivity index (χ2n) is 7.77. The number of sulfonamides is 1. The van der Waals surface area contributed by atoms with Crippen LogP contribution in [0, 0.1) is 11.7 Å². The molecule has 0 saturated heterocycles. The predicted octanol–water partition coefficient (Wildman–Crippen LogP) is 5.61. The van der Waals surface area contributed by atoms with Gasteiger partial charge in [0.25, 0.3) is 5.91 Å². The molecule has 32 heavy (non-hydrogen) atoms. The number of amides is 1. The molecule has 0 aromatic heterocycles. The summed E-state index contributed by atoms with van der Waals surface area (Å²) in [4.78, 5) is 12.2. The number of carbonyl (C=O) groups excluding carboxylic acids is 1. The van der Waals surface area contributed by atoms with Gasteiger partial charge >= 0.3 is 6.18 Å². The molecule has 2 N–H and O–H groups in total. The second kappa shape index (κ2) is 9.36. The van der Waals surface area contributed by atoms with E-state index in [4.69, 9.17) is 11.6 Å². The number of hydrogen-bond donors (Lipinski definition) is 2. The van der Waals surface area contributed by atoms with Gasteiger partial charge in [-0.25, -0.2) is 17.5 Å². The largest absolute Gasteiger partial charge is 0.418 e. The number of rotatable bonds is 5. The van der Waals surface area contributed by atoms with Gasteiger partial charge in [0.2, 0.25) is 10.0 Å². The van der Waals surface area contributed by atoms with Crippen LogP contribution in [0.3, 0.4) is 0 Å². The molecule has 5 nitrogen and oxygen atoms in total. The fourth-order valence-electron chi connectivity index (χ4n) is 3.65. The van der Waals surface area contributed by atoms with Crippen molar-refractivity contribution in [3.8, 4) is 0 Å². The third-order valence-electron chi connectivity index (χ3n) is 5.45. The summed E-state index contributed by atoms with van der Waals surface area (Å²) < 4.78 is 82.3. The van der Waals surface area contributed by atoms with Crippen molar-refractivity contribution in [2.45, 2.75) is 49.7 Å². The summed E-state index contributed by atoms with van der Waals surface area (Å²) in [7, 11) is -4.07. The number of alkyl halides is 3. The lowest BCUT2D eigenvalue weighted by Crippen LogP contribution is -2.41. The highest BCUT2D eigenvalue weighted by Crippen LogP contribution is 2.36. The Bertz CT molecular complexity index is 1120. The second-order valence-corrected chi connectivity index (χ2v) is 9.92. The molecule has 1 aliphatic rings. The first-order chi connectivity index (χ1) is 14.9. The monoisotopic (exact) mass is 492 g/mol. The van der Waals surface area contributed by atoms with Gasteiger partial charge in [-0.15, -0.1) is 0 Å². The Morgan fingerprint density at radius 3 is 2.44 bits per heavy atom. The van der Waals surface area contributed by atoms with Crippen LogP contribution in [0.5, 0.6) is 0 Å². The van der Waals surface area contributed by atoms with Crippen molar-refractivity contribution in [1.29, 1.82) is 0 Å². The maximum absolute atomic E-state index is 14.3. The molecule has 2 aromatic rings. The summed E-state index contributed by atoms with van der Waals surface area (Å²) >= 11 is 5.62. The van der Waals surface area contributed by atoms with E-state index in [0.717, 1.165) is 49.6 Å². The highest BCUT2D eigenvalue weighted by molar-refractivity contribution is 7.89. The molecule has 1 saturated carbocycles. The zero-order valence-electron chi connectivity index (χ0n) is 17.0. The molecule has 0 radical (unpaired) electrons. The number of anilines is 1. The molecule has 1 amide bonds. The van der Waals surface area contributed by atoms with Gasteiger partial charge in [-0.3, -0.25) is 4.79 Å². The lowest BCUT2D eigenvalue weighted by atomic mass is 9.87. The Labute approximate surface area is 188 Å². The third kappa shape index (κ3) is 5.60. The third-order valence-corrected chi connectivity index (χ3v) is 7.17. The van der Waals surface area contributed by atoms with Crippen LogP contribution in [0.25, 0.3) is 0 Å². The van der Waals surface area contributed by atoms with Crippen LogP contribution < -0.4 is 10.0 Å². The zero-order valence-corrected chi connectivity index (χ0v) is 18.5. The number of halogens is 5. The number of carbonyl (C=O) groups is 1. The summed E-state index contributed by atoms with van der Waals surface area (Å²) in [6.07, 6.45) is -1.42.